The van der Waals surface area contributed by atoms with Gasteiger partial charge in [-0.25, -0.2) is 4.79 Å². The number of ether oxygens (including phenoxy) is 1. The van der Waals surface area contributed by atoms with E-state index in [0.717, 1.165) is 36.8 Å². The van der Waals surface area contributed by atoms with Crippen LogP contribution in [-0.2, 0) is 11.3 Å². The summed E-state index contributed by atoms with van der Waals surface area (Å²) in [6, 6.07) is 4.83. The predicted molar refractivity (Wildman–Crippen MR) is 88.2 cm³/mol. The largest absolute Gasteiger partial charge is 0.464 e. The summed E-state index contributed by atoms with van der Waals surface area (Å²) in [7, 11) is 0. The fourth-order valence-corrected chi connectivity index (χ4v) is 3.03. The van der Waals surface area contributed by atoms with E-state index in [1.807, 2.05) is 20.8 Å². The Balaban J connectivity index is 1.33. The summed E-state index contributed by atoms with van der Waals surface area (Å²) in [6.45, 7) is 8.63. The normalized spacial score (nSPS) is 29.7. The molecule has 0 aliphatic heterocycles. The molecule has 0 radical (unpaired) electrons. The minimum atomic E-state index is -0.443. The molecule has 0 bridgehead atoms. The summed E-state index contributed by atoms with van der Waals surface area (Å²) >= 11 is 0. The van der Waals surface area contributed by atoms with Gasteiger partial charge in [-0.15, -0.1) is 0 Å². The zero-order valence-electron chi connectivity index (χ0n) is 14.5. The fourth-order valence-electron chi connectivity index (χ4n) is 3.03. The van der Waals surface area contributed by atoms with Crippen LogP contribution in [0.3, 0.4) is 0 Å². The first-order valence-electron chi connectivity index (χ1n) is 8.61. The average Bonchev–Trinajstić information content (AvgIpc) is 2.94. The van der Waals surface area contributed by atoms with Crippen molar-refractivity contribution in [2.45, 2.75) is 77.1 Å². The van der Waals surface area contributed by atoms with Gasteiger partial charge in [0.15, 0.2) is 0 Å². The van der Waals surface area contributed by atoms with Gasteiger partial charge in [-0.1, -0.05) is 6.92 Å². The second-order valence-corrected chi connectivity index (χ2v) is 8.02. The highest BCUT2D eigenvalue weighted by Crippen LogP contribution is 2.47. The molecule has 23 heavy (non-hydrogen) atoms. The van der Waals surface area contributed by atoms with Crippen LogP contribution in [0.2, 0.25) is 0 Å². The number of amides is 1. The van der Waals surface area contributed by atoms with E-state index in [-0.39, 0.29) is 12.1 Å². The maximum absolute atomic E-state index is 11.7. The van der Waals surface area contributed by atoms with Gasteiger partial charge in [-0.2, -0.15) is 0 Å². The minimum absolute atomic E-state index is 0.210. The second kappa shape index (κ2) is 6.19. The number of carbonyl (C=O) groups excluding carboxylic acids is 1. The van der Waals surface area contributed by atoms with Gasteiger partial charge in [-0.3, -0.25) is 0 Å². The van der Waals surface area contributed by atoms with E-state index in [4.69, 9.17) is 9.15 Å². The highest BCUT2D eigenvalue weighted by Gasteiger charge is 2.36. The first-order chi connectivity index (χ1) is 10.8. The van der Waals surface area contributed by atoms with E-state index >= 15 is 0 Å². The molecule has 2 saturated carbocycles. The lowest BCUT2D eigenvalue weighted by Crippen LogP contribution is -2.52. The Kier molecular flexibility index (Phi) is 4.41. The van der Waals surface area contributed by atoms with Crippen molar-refractivity contribution in [2.24, 2.45) is 5.92 Å². The predicted octanol–water partition coefficient (Wildman–Crippen LogP) is 3.55. The van der Waals surface area contributed by atoms with Gasteiger partial charge in [0.2, 0.25) is 0 Å². The molecule has 2 atom stereocenters. The lowest BCUT2D eigenvalue weighted by Gasteiger charge is -2.36. The van der Waals surface area contributed by atoms with Gasteiger partial charge < -0.3 is 19.8 Å². The Morgan fingerprint density at radius 1 is 1.26 bits per heavy atom. The SMILES string of the molecule is CC1CC1c1ccc(CNC2CC(NC(=O)OC(C)(C)C)C2)o1. The lowest BCUT2D eigenvalue weighted by molar-refractivity contribution is 0.0464. The third-order valence-electron chi connectivity index (χ3n) is 4.58. The van der Waals surface area contributed by atoms with Crippen molar-refractivity contribution in [1.82, 2.24) is 10.6 Å². The van der Waals surface area contributed by atoms with Crippen LogP contribution >= 0.6 is 0 Å². The first kappa shape index (κ1) is 16.4. The molecule has 2 fully saturated rings. The standard InChI is InChI=1S/C18H28N2O3/c1-11-7-15(11)16-6-5-14(22-16)10-19-12-8-13(9-12)20-17(21)23-18(2,3)4/h5-6,11-13,15,19H,7-10H2,1-4H3,(H,20,21). The third-order valence-corrected chi connectivity index (χ3v) is 4.58. The molecular formula is C18H28N2O3. The summed E-state index contributed by atoms with van der Waals surface area (Å²) in [4.78, 5) is 11.7. The Hall–Kier alpha value is -1.49. The number of carbonyl (C=O) groups is 1. The van der Waals surface area contributed by atoms with Crippen molar-refractivity contribution in [3.63, 3.8) is 0 Å². The quantitative estimate of drug-likeness (QED) is 0.871. The second-order valence-electron chi connectivity index (χ2n) is 8.02. The van der Waals surface area contributed by atoms with E-state index in [9.17, 15) is 4.79 Å². The van der Waals surface area contributed by atoms with Gasteiger partial charge in [-0.05, 0) is 58.1 Å². The zero-order valence-corrected chi connectivity index (χ0v) is 14.5. The molecule has 1 heterocycles. The first-order valence-corrected chi connectivity index (χ1v) is 8.61. The van der Waals surface area contributed by atoms with Crippen LogP contribution in [0, 0.1) is 5.92 Å². The van der Waals surface area contributed by atoms with Crippen LogP contribution in [0.1, 0.15) is 64.4 Å². The molecule has 1 amide bonds. The van der Waals surface area contributed by atoms with Crippen LogP contribution in [0.25, 0.3) is 0 Å². The third kappa shape index (κ3) is 4.50. The number of nitrogens with one attached hydrogen (secondary N) is 2. The van der Waals surface area contributed by atoms with Crippen LogP contribution in [0.5, 0.6) is 0 Å². The lowest BCUT2D eigenvalue weighted by atomic mass is 9.87. The van der Waals surface area contributed by atoms with Crippen LogP contribution in [0.15, 0.2) is 16.5 Å². The molecule has 0 saturated heterocycles. The molecular weight excluding hydrogens is 292 g/mol. The van der Waals surface area contributed by atoms with Gasteiger partial charge >= 0.3 is 6.09 Å². The summed E-state index contributed by atoms with van der Waals surface area (Å²) in [5.41, 5.74) is -0.443. The molecule has 3 rings (SSSR count). The molecule has 5 heteroatoms. The molecule has 5 nitrogen and oxygen atoms in total. The fraction of sp³-hybridized carbons (Fsp3) is 0.722. The number of alkyl carbamates (subject to hydrolysis) is 1. The maximum atomic E-state index is 11.7. The summed E-state index contributed by atoms with van der Waals surface area (Å²) in [6.07, 6.45) is 2.80. The van der Waals surface area contributed by atoms with Crippen molar-refractivity contribution in [2.75, 3.05) is 0 Å². The Morgan fingerprint density at radius 3 is 2.57 bits per heavy atom. The van der Waals surface area contributed by atoms with Crippen molar-refractivity contribution in [3.05, 3.63) is 23.7 Å². The molecule has 0 aromatic carbocycles. The van der Waals surface area contributed by atoms with Gasteiger partial charge in [0, 0.05) is 18.0 Å². The van der Waals surface area contributed by atoms with Gasteiger partial charge in [0.1, 0.15) is 17.1 Å². The number of rotatable bonds is 5. The van der Waals surface area contributed by atoms with Crippen LogP contribution in [0.4, 0.5) is 4.79 Å². The Morgan fingerprint density at radius 2 is 1.96 bits per heavy atom. The van der Waals surface area contributed by atoms with E-state index in [2.05, 4.69) is 29.7 Å². The average molecular weight is 320 g/mol. The van der Waals surface area contributed by atoms with Crippen LogP contribution in [-0.4, -0.2) is 23.8 Å². The van der Waals surface area contributed by atoms with Crippen LogP contribution < -0.4 is 10.6 Å². The topological polar surface area (TPSA) is 63.5 Å². The van der Waals surface area contributed by atoms with Crippen molar-refractivity contribution in [1.29, 1.82) is 0 Å². The number of hydrogen-bond acceptors (Lipinski definition) is 4. The highest BCUT2D eigenvalue weighted by molar-refractivity contribution is 5.68. The maximum Gasteiger partial charge on any atom is 0.407 e. The molecule has 2 unspecified atom stereocenters. The van der Waals surface area contributed by atoms with E-state index in [1.54, 1.807) is 0 Å². The highest BCUT2D eigenvalue weighted by atomic mass is 16.6. The molecule has 2 aliphatic rings. The summed E-state index contributed by atoms with van der Waals surface area (Å²) < 4.78 is 11.2. The zero-order chi connectivity index (χ0) is 16.6. The molecule has 0 spiro atoms. The summed E-state index contributed by atoms with van der Waals surface area (Å²) in [5, 5.41) is 6.39. The minimum Gasteiger partial charge on any atom is -0.464 e. The van der Waals surface area contributed by atoms with E-state index in [1.165, 1.54) is 6.42 Å². The monoisotopic (exact) mass is 320 g/mol. The molecule has 128 valence electrons. The van der Waals surface area contributed by atoms with Crippen molar-refractivity contribution >= 4 is 6.09 Å². The molecule has 2 N–H and O–H groups in total. The smallest absolute Gasteiger partial charge is 0.407 e. The van der Waals surface area contributed by atoms with Gasteiger partial charge in [0.25, 0.3) is 0 Å². The molecule has 1 aromatic heterocycles. The van der Waals surface area contributed by atoms with E-state index < -0.39 is 5.60 Å². The van der Waals surface area contributed by atoms with E-state index in [0.29, 0.717) is 12.0 Å². The van der Waals surface area contributed by atoms with Crippen molar-refractivity contribution < 1.29 is 13.9 Å². The summed E-state index contributed by atoms with van der Waals surface area (Å²) in [5.74, 6) is 3.54. The Labute approximate surface area is 138 Å². The van der Waals surface area contributed by atoms with Crippen molar-refractivity contribution in [3.8, 4) is 0 Å². The molecule has 2 aliphatic carbocycles. The number of furan rings is 1. The molecule has 1 aromatic rings. The number of hydrogen-bond donors (Lipinski definition) is 2. The van der Waals surface area contributed by atoms with Gasteiger partial charge in [0.05, 0.1) is 6.54 Å². The Bertz CT molecular complexity index is 555.